The highest BCUT2D eigenvalue weighted by molar-refractivity contribution is 5.15. The number of rotatable bonds is 10. The topological polar surface area (TPSA) is 14.1 Å². The summed E-state index contributed by atoms with van der Waals surface area (Å²) in [6, 6.07) is 21.5. The first kappa shape index (κ1) is 15.8. The van der Waals surface area contributed by atoms with Crippen LogP contribution in [0.25, 0.3) is 0 Å². The SMILES string of the molecule is c1ccc(CCCC[N]CCCCc2ccccc2)cc1. The van der Waals surface area contributed by atoms with Crippen molar-refractivity contribution in [1.29, 1.82) is 0 Å². The van der Waals surface area contributed by atoms with Gasteiger partial charge in [0.15, 0.2) is 0 Å². The third-order valence-corrected chi connectivity index (χ3v) is 3.75. The predicted molar refractivity (Wildman–Crippen MR) is 90.6 cm³/mol. The smallest absolute Gasteiger partial charge is 0.0133 e. The monoisotopic (exact) mass is 280 g/mol. The van der Waals surface area contributed by atoms with Crippen LogP contribution < -0.4 is 5.32 Å². The molecule has 0 unspecified atom stereocenters. The lowest BCUT2D eigenvalue weighted by Gasteiger charge is -2.04. The van der Waals surface area contributed by atoms with Crippen LogP contribution in [0.1, 0.15) is 36.8 Å². The van der Waals surface area contributed by atoms with Crippen LogP contribution in [0.5, 0.6) is 0 Å². The fourth-order valence-corrected chi connectivity index (χ4v) is 2.51. The molecule has 0 fully saturated rings. The Morgan fingerprint density at radius 3 is 1.38 bits per heavy atom. The first-order chi connectivity index (χ1) is 10.4. The molecule has 0 aromatic heterocycles. The van der Waals surface area contributed by atoms with Gasteiger partial charge in [0.2, 0.25) is 0 Å². The zero-order valence-corrected chi connectivity index (χ0v) is 12.9. The molecule has 0 saturated heterocycles. The number of hydrogen-bond donors (Lipinski definition) is 0. The van der Waals surface area contributed by atoms with Crippen molar-refractivity contribution in [1.82, 2.24) is 5.32 Å². The number of unbranched alkanes of at least 4 members (excludes halogenated alkanes) is 2. The highest BCUT2D eigenvalue weighted by atomic mass is 14.8. The van der Waals surface area contributed by atoms with Gasteiger partial charge in [0, 0.05) is 13.1 Å². The van der Waals surface area contributed by atoms with Crippen LogP contribution in [0.4, 0.5) is 0 Å². The van der Waals surface area contributed by atoms with E-state index in [1.54, 1.807) is 0 Å². The van der Waals surface area contributed by atoms with Crippen LogP contribution >= 0.6 is 0 Å². The maximum absolute atomic E-state index is 4.63. The Morgan fingerprint density at radius 2 is 0.952 bits per heavy atom. The third-order valence-electron chi connectivity index (χ3n) is 3.75. The van der Waals surface area contributed by atoms with Crippen LogP contribution in [0.2, 0.25) is 0 Å². The van der Waals surface area contributed by atoms with Crippen molar-refractivity contribution in [3.63, 3.8) is 0 Å². The van der Waals surface area contributed by atoms with Gasteiger partial charge in [0.1, 0.15) is 0 Å². The molecule has 0 amide bonds. The maximum atomic E-state index is 4.63. The Kier molecular flexibility index (Phi) is 7.65. The zero-order chi connectivity index (χ0) is 14.6. The number of benzene rings is 2. The molecule has 0 bridgehead atoms. The quantitative estimate of drug-likeness (QED) is 0.563. The molecule has 1 heteroatoms. The van der Waals surface area contributed by atoms with E-state index in [1.807, 2.05) is 0 Å². The molecule has 2 aromatic carbocycles. The van der Waals surface area contributed by atoms with E-state index in [-0.39, 0.29) is 0 Å². The zero-order valence-electron chi connectivity index (χ0n) is 12.9. The molecule has 0 aliphatic rings. The lowest BCUT2D eigenvalue weighted by Crippen LogP contribution is -2.09. The molecule has 2 rings (SSSR count). The fraction of sp³-hybridized carbons (Fsp3) is 0.400. The van der Waals surface area contributed by atoms with Gasteiger partial charge in [-0.15, -0.1) is 0 Å². The molecule has 0 N–H and O–H groups in total. The van der Waals surface area contributed by atoms with Crippen molar-refractivity contribution < 1.29 is 0 Å². The van der Waals surface area contributed by atoms with Crippen molar-refractivity contribution in [3.8, 4) is 0 Å². The average molecular weight is 280 g/mol. The molecule has 21 heavy (non-hydrogen) atoms. The third kappa shape index (κ3) is 7.10. The Balaban J connectivity index is 1.40. The van der Waals surface area contributed by atoms with Crippen LogP contribution in [0.3, 0.4) is 0 Å². The molecule has 2 aromatic rings. The van der Waals surface area contributed by atoms with Gasteiger partial charge in [-0.1, -0.05) is 60.7 Å². The first-order valence-corrected chi connectivity index (χ1v) is 8.16. The van der Waals surface area contributed by atoms with E-state index in [0.717, 1.165) is 13.1 Å². The van der Waals surface area contributed by atoms with E-state index in [2.05, 4.69) is 66.0 Å². The van der Waals surface area contributed by atoms with Gasteiger partial charge in [0.25, 0.3) is 0 Å². The summed E-state index contributed by atoms with van der Waals surface area (Å²) in [4.78, 5) is 0. The molecule has 0 spiro atoms. The summed E-state index contributed by atoms with van der Waals surface area (Å²) in [5.41, 5.74) is 2.89. The molecule has 0 heterocycles. The predicted octanol–water partition coefficient (Wildman–Crippen LogP) is 4.64. The minimum atomic E-state index is 1.03. The van der Waals surface area contributed by atoms with Crippen LogP contribution in [-0.2, 0) is 12.8 Å². The molecule has 0 aliphatic heterocycles. The molecule has 0 aliphatic carbocycles. The number of hydrogen-bond acceptors (Lipinski definition) is 0. The van der Waals surface area contributed by atoms with Gasteiger partial charge >= 0.3 is 0 Å². The van der Waals surface area contributed by atoms with Crippen molar-refractivity contribution in [2.45, 2.75) is 38.5 Å². The Labute approximate surface area is 129 Å². The van der Waals surface area contributed by atoms with E-state index in [1.165, 1.54) is 49.7 Å². The second-order valence-corrected chi connectivity index (χ2v) is 5.56. The van der Waals surface area contributed by atoms with Gasteiger partial charge in [-0.3, -0.25) is 0 Å². The highest BCUT2D eigenvalue weighted by Crippen LogP contribution is 2.05. The number of nitrogens with zero attached hydrogens (tertiary/aromatic N) is 1. The van der Waals surface area contributed by atoms with Crippen LogP contribution in [0, 0.1) is 0 Å². The Hall–Kier alpha value is -1.60. The van der Waals surface area contributed by atoms with Gasteiger partial charge in [-0.2, -0.15) is 0 Å². The molecule has 1 radical (unpaired) electrons. The molecular weight excluding hydrogens is 254 g/mol. The Morgan fingerprint density at radius 1 is 0.524 bits per heavy atom. The fourth-order valence-electron chi connectivity index (χ4n) is 2.51. The van der Waals surface area contributed by atoms with Gasteiger partial charge < -0.3 is 0 Å². The summed E-state index contributed by atoms with van der Waals surface area (Å²) in [6.07, 6.45) is 7.30. The van der Waals surface area contributed by atoms with E-state index >= 15 is 0 Å². The second-order valence-electron chi connectivity index (χ2n) is 5.56. The molecule has 1 nitrogen and oxygen atoms in total. The summed E-state index contributed by atoms with van der Waals surface area (Å²) in [7, 11) is 0. The largest absolute Gasteiger partial charge is 0.242 e. The minimum absolute atomic E-state index is 1.03. The summed E-state index contributed by atoms with van der Waals surface area (Å²) in [5.74, 6) is 0. The lowest BCUT2D eigenvalue weighted by molar-refractivity contribution is 0.580. The van der Waals surface area contributed by atoms with Crippen LogP contribution in [0.15, 0.2) is 60.7 Å². The van der Waals surface area contributed by atoms with E-state index in [9.17, 15) is 0 Å². The van der Waals surface area contributed by atoms with Crippen molar-refractivity contribution in [3.05, 3.63) is 71.8 Å². The standard InChI is InChI=1S/C20H26N/c1-3-11-19(12-4-1)15-7-9-17-21-18-10-8-16-20-13-5-2-6-14-20/h1-6,11-14H,7-10,15-18H2. The summed E-state index contributed by atoms with van der Waals surface area (Å²) < 4.78 is 0. The molecule has 0 atom stereocenters. The molecule has 111 valence electrons. The normalized spacial score (nSPS) is 10.7. The molecule has 0 saturated carbocycles. The van der Waals surface area contributed by atoms with E-state index < -0.39 is 0 Å². The summed E-state index contributed by atoms with van der Waals surface area (Å²) in [5, 5.41) is 4.63. The average Bonchev–Trinajstić information content (AvgIpc) is 2.55. The van der Waals surface area contributed by atoms with Crippen LogP contribution in [-0.4, -0.2) is 13.1 Å². The summed E-state index contributed by atoms with van der Waals surface area (Å²) in [6.45, 7) is 2.05. The summed E-state index contributed by atoms with van der Waals surface area (Å²) >= 11 is 0. The maximum Gasteiger partial charge on any atom is 0.0133 e. The van der Waals surface area contributed by atoms with Crippen molar-refractivity contribution >= 4 is 0 Å². The first-order valence-electron chi connectivity index (χ1n) is 8.16. The Bertz CT molecular complexity index is 418. The van der Waals surface area contributed by atoms with Crippen molar-refractivity contribution in [2.24, 2.45) is 0 Å². The number of aryl methyl sites for hydroxylation is 2. The van der Waals surface area contributed by atoms with Gasteiger partial charge in [-0.25, -0.2) is 5.32 Å². The molecular formula is C20H26N. The van der Waals surface area contributed by atoms with Gasteiger partial charge in [-0.05, 0) is 49.7 Å². The lowest BCUT2D eigenvalue weighted by atomic mass is 10.1. The minimum Gasteiger partial charge on any atom is -0.242 e. The van der Waals surface area contributed by atoms with Crippen molar-refractivity contribution in [2.75, 3.05) is 13.1 Å². The van der Waals surface area contributed by atoms with Gasteiger partial charge in [0.05, 0.1) is 0 Å². The van der Waals surface area contributed by atoms with E-state index in [0.29, 0.717) is 0 Å². The van der Waals surface area contributed by atoms with E-state index in [4.69, 9.17) is 0 Å². The highest BCUT2D eigenvalue weighted by Gasteiger charge is 1.95. The second kappa shape index (κ2) is 10.2.